The number of hydroxylamine groups is 1. The Kier molecular flexibility index (Phi) is 16.4. The van der Waals surface area contributed by atoms with E-state index in [4.69, 9.17) is 16.7 Å². The third-order valence-corrected chi connectivity index (χ3v) is 7.74. The summed E-state index contributed by atoms with van der Waals surface area (Å²) in [6.45, 7) is 4.78. The predicted octanol–water partition coefficient (Wildman–Crippen LogP) is -0.965. The van der Waals surface area contributed by atoms with Crippen molar-refractivity contribution in [2.24, 2.45) is 17.4 Å². The number of phenols is 1. The summed E-state index contributed by atoms with van der Waals surface area (Å²) in [5, 5.41) is 51.1. The second kappa shape index (κ2) is 20.4. The van der Waals surface area contributed by atoms with Crippen LogP contribution < -0.4 is 32.7 Å². The van der Waals surface area contributed by atoms with Crippen molar-refractivity contribution in [3.8, 4) is 11.8 Å². The van der Waals surface area contributed by atoms with Crippen molar-refractivity contribution in [1.29, 1.82) is 5.26 Å². The fourth-order valence-corrected chi connectivity index (χ4v) is 4.87. The molecule has 0 unspecified atom stereocenters. The van der Waals surface area contributed by atoms with Crippen molar-refractivity contribution in [1.82, 2.24) is 21.3 Å². The van der Waals surface area contributed by atoms with E-state index in [0.29, 0.717) is 21.4 Å². The van der Waals surface area contributed by atoms with Crippen LogP contribution in [0.25, 0.3) is 0 Å². The van der Waals surface area contributed by atoms with E-state index < -0.39 is 78.0 Å². The molecule has 0 radical (unpaired) electrons. The zero-order valence-corrected chi connectivity index (χ0v) is 29.4. The van der Waals surface area contributed by atoms with Crippen molar-refractivity contribution in [3.05, 3.63) is 70.4 Å². The van der Waals surface area contributed by atoms with Gasteiger partial charge in [-0.3, -0.25) is 33.6 Å². The number of carboxylic acid groups (broad SMARTS) is 1. The molecule has 0 aliphatic heterocycles. The minimum Gasteiger partial charge on any atom is -0.623 e. The molecule has 5 atom stereocenters. The van der Waals surface area contributed by atoms with E-state index >= 15 is 0 Å². The number of rotatable bonds is 20. The summed E-state index contributed by atoms with van der Waals surface area (Å²) in [6, 6.07) is 6.04. The molecule has 2 aromatic carbocycles. The SMILES string of the molecule is CC(C)C[C@@H](C(=O)N[C@@H](CC(=O)O)C(=O)N[C@@H](Cc1ccc(O)cc1)C(=O)N[C@@H](CCC(N)=O)C(=O)N[C@@H](C)C(N)=O)/[N+]([O-])=C/c1ccc(C#N)cc1. The van der Waals surface area contributed by atoms with Gasteiger partial charge in [0.15, 0.2) is 6.21 Å². The number of amides is 6. The Morgan fingerprint density at radius 1 is 0.830 bits per heavy atom. The van der Waals surface area contributed by atoms with Crippen LogP contribution >= 0.6 is 0 Å². The third-order valence-electron chi connectivity index (χ3n) is 7.74. The van der Waals surface area contributed by atoms with E-state index in [2.05, 4.69) is 21.3 Å². The Morgan fingerprint density at radius 2 is 1.38 bits per heavy atom. The molecule has 0 fully saturated rings. The maximum atomic E-state index is 13.7. The van der Waals surface area contributed by atoms with Gasteiger partial charge in [-0.25, -0.2) is 0 Å². The van der Waals surface area contributed by atoms with Crippen LogP contribution in [0.2, 0.25) is 0 Å². The average molecular weight is 737 g/mol. The first-order valence-electron chi connectivity index (χ1n) is 16.5. The summed E-state index contributed by atoms with van der Waals surface area (Å²) in [5.41, 5.74) is 11.6. The van der Waals surface area contributed by atoms with Gasteiger partial charge < -0.3 is 48.2 Å². The third kappa shape index (κ3) is 14.7. The highest BCUT2D eigenvalue weighted by atomic mass is 16.5. The van der Waals surface area contributed by atoms with Crippen LogP contribution in [0.3, 0.4) is 0 Å². The largest absolute Gasteiger partial charge is 0.623 e. The molecule has 0 saturated carbocycles. The number of nitriles is 1. The standard InChI is InChI=1S/C35H44N8O10/c1-19(2)14-28(43(53)18-23-6-4-22(17-36)5-7-23)35(52)42-27(16-30(46)47)34(51)41-26(15-21-8-10-24(44)11-9-21)33(50)40-25(12-13-29(37)45)32(49)39-20(3)31(38)48/h4-11,18-20,25-28,44H,12-16H2,1-3H3,(H2,37,45)(H2,38,48)(H,39,49)(H,40,50)(H,41,51)(H,42,52)(H,46,47)/b43-18-/t20-,25-,26-,27-,28-/m0/s1. The number of hydrogen-bond donors (Lipinski definition) is 8. The van der Waals surface area contributed by atoms with E-state index in [1.54, 1.807) is 13.8 Å². The molecule has 53 heavy (non-hydrogen) atoms. The molecule has 6 amide bonds. The second-order valence-corrected chi connectivity index (χ2v) is 12.7. The van der Waals surface area contributed by atoms with Crippen LogP contribution in [0.5, 0.6) is 5.75 Å². The Hall–Kier alpha value is -6.51. The van der Waals surface area contributed by atoms with Gasteiger partial charge in [-0.2, -0.15) is 10.0 Å². The maximum absolute atomic E-state index is 13.7. The quantitative estimate of drug-likeness (QED) is 0.0354. The van der Waals surface area contributed by atoms with Gasteiger partial charge in [0.2, 0.25) is 35.6 Å². The van der Waals surface area contributed by atoms with Crippen molar-refractivity contribution in [3.63, 3.8) is 0 Å². The fourth-order valence-electron chi connectivity index (χ4n) is 4.87. The van der Waals surface area contributed by atoms with E-state index in [-0.39, 0.29) is 37.4 Å². The van der Waals surface area contributed by atoms with Crippen LogP contribution in [-0.4, -0.2) is 92.8 Å². The number of nitrogens with zero attached hydrogens (tertiary/aromatic N) is 2. The predicted molar refractivity (Wildman–Crippen MR) is 188 cm³/mol. The van der Waals surface area contributed by atoms with Crippen molar-refractivity contribution < 1.29 is 48.5 Å². The molecule has 2 aromatic rings. The molecule has 10 N–H and O–H groups in total. The maximum Gasteiger partial charge on any atom is 0.305 e. The number of primary amides is 2. The summed E-state index contributed by atoms with van der Waals surface area (Å²) < 4.78 is 0.365. The molecule has 18 nitrogen and oxygen atoms in total. The van der Waals surface area contributed by atoms with Gasteiger partial charge in [-0.05, 0) is 61.2 Å². The molecule has 0 aliphatic rings. The van der Waals surface area contributed by atoms with Gasteiger partial charge in [-0.15, -0.1) is 0 Å². The summed E-state index contributed by atoms with van der Waals surface area (Å²) in [6.07, 6.45) is -0.768. The number of phenolic OH excluding ortho intramolecular Hbond substituents is 1. The van der Waals surface area contributed by atoms with Gasteiger partial charge in [0, 0.05) is 24.8 Å². The van der Waals surface area contributed by atoms with E-state index in [9.17, 15) is 49.0 Å². The summed E-state index contributed by atoms with van der Waals surface area (Å²) >= 11 is 0. The molecule has 284 valence electrons. The molecule has 2 rings (SSSR count). The van der Waals surface area contributed by atoms with Crippen molar-refractivity contribution in [2.75, 3.05) is 0 Å². The number of aromatic hydroxyl groups is 1. The summed E-state index contributed by atoms with van der Waals surface area (Å²) in [7, 11) is 0. The zero-order chi connectivity index (χ0) is 39.8. The second-order valence-electron chi connectivity index (χ2n) is 12.7. The van der Waals surface area contributed by atoms with Crippen molar-refractivity contribution in [2.45, 2.75) is 83.1 Å². The number of aliphatic carboxylic acids is 1. The molecule has 18 heteroatoms. The fraction of sp³-hybridized carbons (Fsp3) is 0.400. The molecule has 0 spiro atoms. The Balaban J connectivity index is 2.43. The lowest BCUT2D eigenvalue weighted by Gasteiger charge is -2.26. The molecule has 0 aliphatic carbocycles. The average Bonchev–Trinajstić information content (AvgIpc) is 3.08. The van der Waals surface area contributed by atoms with Crippen LogP contribution in [0, 0.1) is 22.5 Å². The van der Waals surface area contributed by atoms with Crippen LogP contribution in [0.15, 0.2) is 48.5 Å². The van der Waals surface area contributed by atoms with Crippen LogP contribution in [0.1, 0.15) is 63.1 Å². The first-order valence-corrected chi connectivity index (χ1v) is 16.5. The van der Waals surface area contributed by atoms with E-state index in [1.165, 1.54) is 55.5 Å². The topological polar surface area (TPSA) is 310 Å². The highest BCUT2D eigenvalue weighted by Crippen LogP contribution is 2.14. The zero-order valence-electron chi connectivity index (χ0n) is 29.4. The number of nitrogens with two attached hydrogens (primary N) is 2. The Bertz CT molecular complexity index is 1720. The van der Waals surface area contributed by atoms with Gasteiger partial charge in [0.25, 0.3) is 5.91 Å². The normalized spacial score (nSPS) is 14.0. The summed E-state index contributed by atoms with van der Waals surface area (Å²) in [4.78, 5) is 88.8. The Morgan fingerprint density at radius 3 is 1.91 bits per heavy atom. The number of benzene rings is 2. The van der Waals surface area contributed by atoms with Gasteiger partial charge in [-0.1, -0.05) is 26.0 Å². The van der Waals surface area contributed by atoms with E-state index in [0.717, 1.165) is 6.21 Å². The number of carboxylic acids is 1. The minimum atomic E-state index is -1.79. The Labute approximate surface area is 305 Å². The smallest absolute Gasteiger partial charge is 0.305 e. The van der Waals surface area contributed by atoms with E-state index in [1.807, 2.05) is 6.07 Å². The van der Waals surface area contributed by atoms with Gasteiger partial charge in [0.05, 0.1) is 18.1 Å². The molecule has 0 saturated heterocycles. The van der Waals surface area contributed by atoms with Crippen molar-refractivity contribution >= 4 is 47.6 Å². The first kappa shape index (κ1) is 42.7. The van der Waals surface area contributed by atoms with Gasteiger partial charge in [0.1, 0.15) is 29.9 Å². The minimum absolute atomic E-state index is 0.00146. The first-order chi connectivity index (χ1) is 24.9. The molecule has 0 bridgehead atoms. The highest BCUT2D eigenvalue weighted by Gasteiger charge is 2.35. The number of hydrogen-bond acceptors (Lipinski definition) is 10. The molecular formula is C35H44N8O10. The van der Waals surface area contributed by atoms with Crippen LogP contribution in [0.4, 0.5) is 0 Å². The molecule has 0 heterocycles. The number of nitrogens with one attached hydrogen (secondary N) is 4. The lowest BCUT2D eigenvalue weighted by Crippen LogP contribution is -2.59. The summed E-state index contributed by atoms with van der Waals surface area (Å²) in [5.74, 6) is -7.48. The number of carbonyl (C=O) groups is 7. The molecule has 0 aromatic heterocycles. The lowest BCUT2D eigenvalue weighted by atomic mass is 10.0. The van der Waals surface area contributed by atoms with Crippen LogP contribution in [-0.2, 0) is 40.0 Å². The number of carbonyl (C=O) groups excluding carboxylic acids is 6. The highest BCUT2D eigenvalue weighted by molar-refractivity contribution is 5.97. The lowest BCUT2D eigenvalue weighted by molar-refractivity contribution is -0.483. The van der Waals surface area contributed by atoms with Gasteiger partial charge >= 0.3 is 5.97 Å². The molecular weight excluding hydrogens is 692 g/mol. The monoisotopic (exact) mass is 736 g/mol.